The van der Waals surface area contributed by atoms with Gasteiger partial charge in [0, 0.05) is 15.6 Å². The summed E-state index contributed by atoms with van der Waals surface area (Å²) in [7, 11) is 0. The quantitative estimate of drug-likeness (QED) is 0.133. The van der Waals surface area contributed by atoms with Crippen molar-refractivity contribution in [2.45, 2.75) is 37.6 Å². The van der Waals surface area contributed by atoms with Crippen molar-refractivity contribution in [2.75, 3.05) is 12.0 Å². The Hall–Kier alpha value is -3.64. The average Bonchev–Trinajstić information content (AvgIpc) is 2.97. The maximum absolute atomic E-state index is 13.5. The lowest BCUT2D eigenvalue weighted by molar-refractivity contribution is -0.0541. The molecule has 0 unspecified atom stereocenters. The lowest BCUT2D eigenvalue weighted by Gasteiger charge is -2.23. The zero-order valence-electron chi connectivity index (χ0n) is 21.6. The first-order valence-electron chi connectivity index (χ1n) is 12.9. The predicted octanol–water partition coefficient (Wildman–Crippen LogP) is 3.64. The Kier molecular flexibility index (Phi) is 8.79. The molecule has 3 atom stereocenters. The number of H-pyrrole nitrogens is 1. The van der Waals surface area contributed by atoms with E-state index in [1.807, 2.05) is 36.4 Å². The molecule has 1 aliphatic rings. The van der Waals surface area contributed by atoms with Crippen LogP contribution >= 0.6 is 23.2 Å². The molecular weight excluding hydrogens is 569 g/mol. The summed E-state index contributed by atoms with van der Waals surface area (Å²) in [4.78, 5) is 25.5. The van der Waals surface area contributed by atoms with Crippen molar-refractivity contribution in [3.8, 4) is 11.1 Å². The molecule has 0 spiro atoms. The van der Waals surface area contributed by atoms with Gasteiger partial charge in [0.15, 0.2) is 5.65 Å². The molecule has 41 heavy (non-hydrogen) atoms. The first-order chi connectivity index (χ1) is 19.7. The molecule has 5 rings (SSSR count). The lowest BCUT2D eigenvalue weighted by Crippen LogP contribution is -2.40. The zero-order valence-corrected chi connectivity index (χ0v) is 23.1. The number of benzene rings is 2. The van der Waals surface area contributed by atoms with E-state index in [-0.39, 0.29) is 11.6 Å². The Labute approximate surface area is 244 Å². The number of aromatic nitrogens is 3. The Morgan fingerprint density at radius 1 is 1.00 bits per heavy atom. The SMILES string of the molecule is O=c1[nH]c(N/N=C/[C@H](O)[C@@H](O)[C@H](O)CO)nc2nc3c(c(-c4ccc(Cl)cc4)c12)CCC/C3=C\c1ccc(Cl)cc1. The number of aliphatic hydroxyl groups excluding tert-OH is 4. The highest BCUT2D eigenvalue weighted by Gasteiger charge is 2.25. The van der Waals surface area contributed by atoms with E-state index in [0.29, 0.717) is 15.4 Å². The number of hydrogen-bond donors (Lipinski definition) is 6. The van der Waals surface area contributed by atoms with Gasteiger partial charge in [-0.05, 0) is 71.9 Å². The van der Waals surface area contributed by atoms with Crippen LogP contribution in [0.3, 0.4) is 0 Å². The van der Waals surface area contributed by atoms with Crippen LogP contribution in [0.25, 0.3) is 33.8 Å². The molecule has 2 aromatic carbocycles. The van der Waals surface area contributed by atoms with Crippen LogP contribution in [0, 0.1) is 0 Å². The molecule has 6 N–H and O–H groups in total. The van der Waals surface area contributed by atoms with E-state index in [4.69, 9.17) is 33.3 Å². The number of fused-ring (bicyclic) bond motifs is 2. The molecule has 212 valence electrons. The van der Waals surface area contributed by atoms with Crippen LogP contribution < -0.4 is 11.0 Å². The number of allylic oxidation sites excluding steroid dienone is 1. The summed E-state index contributed by atoms with van der Waals surface area (Å²) >= 11 is 12.2. The third kappa shape index (κ3) is 6.33. The number of pyridine rings is 1. The molecule has 0 fully saturated rings. The molecule has 10 nitrogen and oxygen atoms in total. The molecule has 0 radical (unpaired) electrons. The monoisotopic (exact) mass is 595 g/mol. The maximum Gasteiger partial charge on any atom is 0.262 e. The highest BCUT2D eigenvalue weighted by Crippen LogP contribution is 2.40. The highest BCUT2D eigenvalue weighted by molar-refractivity contribution is 6.31. The molecule has 2 heterocycles. The third-order valence-electron chi connectivity index (χ3n) is 6.81. The predicted molar refractivity (Wildman–Crippen MR) is 160 cm³/mol. The van der Waals surface area contributed by atoms with Gasteiger partial charge in [-0.15, -0.1) is 0 Å². The van der Waals surface area contributed by atoms with Crippen LogP contribution in [0.4, 0.5) is 5.95 Å². The van der Waals surface area contributed by atoms with E-state index in [1.165, 1.54) is 0 Å². The second-order valence-corrected chi connectivity index (χ2v) is 10.5. The van der Waals surface area contributed by atoms with Crippen molar-refractivity contribution in [3.63, 3.8) is 0 Å². The van der Waals surface area contributed by atoms with Crippen molar-refractivity contribution in [3.05, 3.63) is 85.8 Å². The van der Waals surface area contributed by atoms with Crippen molar-refractivity contribution in [1.82, 2.24) is 15.0 Å². The number of hydrazone groups is 1. The number of aliphatic hydroxyl groups is 4. The fourth-order valence-corrected chi connectivity index (χ4v) is 5.03. The van der Waals surface area contributed by atoms with Crippen LogP contribution in [-0.2, 0) is 6.42 Å². The Morgan fingerprint density at radius 2 is 1.68 bits per heavy atom. The van der Waals surface area contributed by atoms with E-state index < -0.39 is 30.5 Å². The first kappa shape index (κ1) is 28.9. The summed E-state index contributed by atoms with van der Waals surface area (Å²) in [6.45, 7) is -0.737. The summed E-state index contributed by atoms with van der Waals surface area (Å²) in [5, 5.41) is 43.5. The Bertz CT molecular complexity index is 1670. The Balaban J connectivity index is 1.62. The fourth-order valence-electron chi connectivity index (χ4n) is 4.78. The van der Waals surface area contributed by atoms with Gasteiger partial charge < -0.3 is 20.4 Å². The molecule has 0 amide bonds. The molecule has 0 saturated carbocycles. The summed E-state index contributed by atoms with van der Waals surface area (Å²) in [5.74, 6) is -0.0447. The van der Waals surface area contributed by atoms with Gasteiger partial charge in [-0.1, -0.05) is 47.5 Å². The van der Waals surface area contributed by atoms with Gasteiger partial charge >= 0.3 is 0 Å². The van der Waals surface area contributed by atoms with Crippen molar-refractivity contribution in [1.29, 1.82) is 0 Å². The molecule has 0 aliphatic heterocycles. The number of nitrogens with zero attached hydrogens (tertiary/aromatic N) is 3. The average molecular weight is 596 g/mol. The Morgan fingerprint density at radius 3 is 2.37 bits per heavy atom. The van der Waals surface area contributed by atoms with E-state index >= 15 is 0 Å². The summed E-state index contributed by atoms with van der Waals surface area (Å²) in [6.07, 6.45) is 0.563. The molecule has 0 bridgehead atoms. The topological polar surface area (TPSA) is 164 Å². The van der Waals surface area contributed by atoms with E-state index in [1.54, 1.807) is 12.1 Å². The fraction of sp³-hybridized carbons (Fsp3) is 0.241. The van der Waals surface area contributed by atoms with Gasteiger partial charge in [-0.25, -0.2) is 10.4 Å². The van der Waals surface area contributed by atoms with E-state index in [9.17, 15) is 20.1 Å². The summed E-state index contributed by atoms with van der Waals surface area (Å²) in [6, 6.07) is 14.8. The third-order valence-corrected chi connectivity index (χ3v) is 7.31. The second-order valence-electron chi connectivity index (χ2n) is 9.63. The van der Waals surface area contributed by atoms with Crippen LogP contribution in [-0.4, -0.2) is 66.5 Å². The standard InChI is InChI=1S/C29H27Cl2N5O5/c30-18-8-4-15(5-9-18)12-17-2-1-3-20-23(16-6-10-19(31)11-7-16)24-27(33-25(17)20)34-29(35-28(24)41)36-32-13-21(38)26(40)22(39)14-37/h4-13,21-22,26,37-40H,1-3,14H2,(H2,33,34,35,36,41)/b17-12+,32-13+/t21-,22+,26+/m0/s1. The first-order valence-corrected chi connectivity index (χ1v) is 13.6. The molecular formula is C29H27Cl2N5O5. The van der Waals surface area contributed by atoms with Crippen LogP contribution in [0.15, 0.2) is 58.4 Å². The number of nitrogens with one attached hydrogen (secondary N) is 2. The number of aromatic amines is 1. The zero-order chi connectivity index (χ0) is 29.1. The van der Waals surface area contributed by atoms with Crippen LogP contribution in [0.1, 0.15) is 29.7 Å². The van der Waals surface area contributed by atoms with Crippen molar-refractivity contribution >= 4 is 58.0 Å². The molecule has 1 aliphatic carbocycles. The summed E-state index contributed by atoms with van der Waals surface area (Å²) in [5.41, 5.74) is 7.45. The largest absolute Gasteiger partial charge is 0.394 e. The highest BCUT2D eigenvalue weighted by atomic mass is 35.5. The lowest BCUT2D eigenvalue weighted by atomic mass is 9.84. The smallest absolute Gasteiger partial charge is 0.262 e. The second kappa shape index (κ2) is 12.5. The number of anilines is 1. The van der Waals surface area contributed by atoms with Gasteiger partial charge in [0.2, 0.25) is 5.95 Å². The van der Waals surface area contributed by atoms with Crippen LogP contribution in [0.5, 0.6) is 0 Å². The normalized spacial score (nSPS) is 16.6. The molecule has 2 aromatic heterocycles. The minimum absolute atomic E-state index is 0.0447. The number of rotatable bonds is 8. The van der Waals surface area contributed by atoms with Gasteiger partial charge in [0.1, 0.15) is 18.3 Å². The maximum atomic E-state index is 13.5. The number of halogens is 2. The summed E-state index contributed by atoms with van der Waals surface area (Å²) < 4.78 is 0. The minimum atomic E-state index is -1.66. The van der Waals surface area contributed by atoms with Crippen molar-refractivity contribution in [2.24, 2.45) is 5.10 Å². The van der Waals surface area contributed by atoms with Crippen molar-refractivity contribution < 1.29 is 20.4 Å². The van der Waals surface area contributed by atoms with Gasteiger partial charge in [-0.3, -0.25) is 9.78 Å². The van der Waals surface area contributed by atoms with E-state index in [2.05, 4.69) is 26.6 Å². The van der Waals surface area contributed by atoms with Crippen LogP contribution in [0.2, 0.25) is 10.0 Å². The number of hydrogen-bond acceptors (Lipinski definition) is 9. The molecule has 12 heteroatoms. The molecule has 0 saturated heterocycles. The van der Waals surface area contributed by atoms with Gasteiger partial charge in [0.05, 0.1) is 23.9 Å². The van der Waals surface area contributed by atoms with E-state index in [0.717, 1.165) is 59.0 Å². The molecule has 4 aromatic rings. The van der Waals surface area contributed by atoms with Gasteiger partial charge in [0.25, 0.3) is 5.56 Å². The van der Waals surface area contributed by atoms with Gasteiger partial charge in [-0.2, -0.15) is 10.1 Å². The minimum Gasteiger partial charge on any atom is -0.394 e.